The molecule has 0 amide bonds. The van der Waals surface area contributed by atoms with Gasteiger partial charge in [-0.15, -0.1) is 0 Å². The summed E-state index contributed by atoms with van der Waals surface area (Å²) in [5.74, 6) is -0.229. The van der Waals surface area contributed by atoms with Crippen LogP contribution in [0.25, 0.3) is 0 Å². The van der Waals surface area contributed by atoms with Gasteiger partial charge in [0.05, 0.1) is 6.61 Å². The fourth-order valence-corrected chi connectivity index (χ4v) is 6.04. The molecule has 2 heterocycles. The van der Waals surface area contributed by atoms with E-state index in [2.05, 4.69) is 59.6 Å². The second-order valence-electron chi connectivity index (χ2n) is 13.2. The molecule has 9 nitrogen and oxygen atoms in total. The number of aryl methyl sites for hydroxylation is 1. The van der Waals surface area contributed by atoms with Gasteiger partial charge in [0, 0.05) is 18.2 Å². The van der Waals surface area contributed by atoms with E-state index in [4.69, 9.17) is 13.6 Å². The van der Waals surface area contributed by atoms with E-state index in [1.54, 1.807) is 6.92 Å². The minimum Gasteiger partial charge on any atom is -0.414 e. The van der Waals surface area contributed by atoms with Gasteiger partial charge in [0.25, 0.3) is 5.56 Å². The normalized spacial score (nSPS) is 25.9. The summed E-state index contributed by atoms with van der Waals surface area (Å²) in [6.07, 6.45) is -1.81. The molecule has 1 saturated heterocycles. The molecule has 11 heteroatoms. The molecule has 2 rings (SSSR count). The molecule has 0 radical (unpaired) electrons. The number of hydrogen-bond donors (Lipinski definition) is 2. The Morgan fingerprint density at radius 1 is 1.11 bits per heavy atom. The molecule has 1 aromatic heterocycles. The molecule has 0 unspecified atom stereocenters. The zero-order chi connectivity index (χ0) is 28.1. The van der Waals surface area contributed by atoms with E-state index >= 15 is 0 Å². The SMILES string of the molecule is CC(=O)C[C@]1(O)[C@@H](CO[Si](C)(C)C(C)(C)C)O[C@@H](n2cc(C)c(=O)[nH]c2=O)[C@@H]1O[Si](C)(C)C(C)(C)C. The van der Waals surface area contributed by atoms with Crippen molar-refractivity contribution in [1.29, 1.82) is 0 Å². The maximum atomic E-state index is 12.9. The lowest BCUT2D eigenvalue weighted by Gasteiger charge is -2.43. The molecule has 36 heavy (non-hydrogen) atoms. The smallest absolute Gasteiger partial charge is 0.330 e. The van der Waals surface area contributed by atoms with Crippen molar-refractivity contribution < 1.29 is 23.5 Å². The Morgan fingerprint density at radius 3 is 2.11 bits per heavy atom. The third-order valence-electron chi connectivity index (χ3n) is 8.19. The van der Waals surface area contributed by atoms with Crippen LogP contribution in [-0.2, 0) is 18.4 Å². The first kappa shape index (κ1) is 30.8. The molecule has 0 aliphatic carbocycles. The quantitative estimate of drug-likeness (QED) is 0.479. The lowest BCUT2D eigenvalue weighted by atomic mass is 9.87. The van der Waals surface area contributed by atoms with Gasteiger partial charge in [0.2, 0.25) is 0 Å². The van der Waals surface area contributed by atoms with Gasteiger partial charge in [-0.25, -0.2) is 4.79 Å². The van der Waals surface area contributed by atoms with Crippen LogP contribution >= 0.6 is 0 Å². The number of aliphatic hydroxyl groups is 1. The Balaban J connectivity index is 2.67. The minimum absolute atomic E-state index is 0.0468. The van der Waals surface area contributed by atoms with Crippen LogP contribution in [0.4, 0.5) is 0 Å². The predicted molar refractivity (Wildman–Crippen MR) is 145 cm³/mol. The molecule has 0 bridgehead atoms. The number of carbonyl (C=O) groups excluding carboxylic acids is 1. The maximum Gasteiger partial charge on any atom is 0.330 e. The molecule has 1 aliphatic heterocycles. The van der Waals surface area contributed by atoms with Gasteiger partial charge in [0.15, 0.2) is 22.9 Å². The number of aromatic amines is 1. The van der Waals surface area contributed by atoms with E-state index < -0.39 is 51.9 Å². The summed E-state index contributed by atoms with van der Waals surface area (Å²) in [5, 5.41) is 11.9. The summed E-state index contributed by atoms with van der Waals surface area (Å²) in [5.41, 5.74) is -2.58. The van der Waals surface area contributed by atoms with E-state index in [0.717, 1.165) is 0 Å². The third kappa shape index (κ3) is 6.19. The van der Waals surface area contributed by atoms with Crippen molar-refractivity contribution in [2.45, 2.75) is 122 Å². The number of ether oxygens (including phenoxy) is 1. The summed E-state index contributed by atoms with van der Waals surface area (Å²) in [6.45, 7) is 23.9. The molecular formula is C25H46N2O7Si2. The third-order valence-corrected chi connectivity index (χ3v) is 17.2. The van der Waals surface area contributed by atoms with Crippen LogP contribution in [0.5, 0.6) is 0 Å². The molecule has 1 aromatic rings. The number of nitrogens with zero attached hydrogens (tertiary/aromatic N) is 1. The van der Waals surface area contributed by atoms with Gasteiger partial charge in [-0.1, -0.05) is 41.5 Å². The second kappa shape index (κ2) is 10.1. The standard InChI is InChI=1S/C25H46N2O7Si2/c1-16-14-27(22(30)26-20(16)29)21-19(34-36(11,12)24(6,7)8)25(31,13-17(2)28)18(33-21)15-32-35(9,10)23(3,4)5/h14,18-19,21,31H,13,15H2,1-12H3,(H,26,29,30)/t18-,19+,21-,25+/m1/s1. The highest BCUT2D eigenvalue weighted by Crippen LogP contribution is 2.47. The molecule has 206 valence electrons. The van der Waals surface area contributed by atoms with Crippen molar-refractivity contribution >= 4 is 22.4 Å². The first-order chi connectivity index (χ1) is 16.0. The average Bonchev–Trinajstić information content (AvgIpc) is 2.92. The number of nitrogens with one attached hydrogen (secondary N) is 1. The van der Waals surface area contributed by atoms with Crippen molar-refractivity contribution in [2.75, 3.05) is 6.61 Å². The van der Waals surface area contributed by atoms with E-state index in [9.17, 15) is 19.5 Å². The molecule has 0 spiro atoms. The van der Waals surface area contributed by atoms with Gasteiger partial charge in [-0.3, -0.25) is 19.1 Å². The zero-order valence-electron chi connectivity index (χ0n) is 24.1. The van der Waals surface area contributed by atoms with Crippen LogP contribution in [0, 0.1) is 6.92 Å². The summed E-state index contributed by atoms with van der Waals surface area (Å²) >= 11 is 0. The maximum absolute atomic E-state index is 12.9. The fraction of sp³-hybridized carbons (Fsp3) is 0.800. The highest BCUT2D eigenvalue weighted by molar-refractivity contribution is 6.74. The monoisotopic (exact) mass is 542 g/mol. The highest BCUT2D eigenvalue weighted by Gasteiger charge is 2.60. The Bertz CT molecular complexity index is 1080. The number of aromatic nitrogens is 2. The fourth-order valence-electron chi connectivity index (χ4n) is 3.73. The molecule has 0 saturated carbocycles. The van der Waals surface area contributed by atoms with Gasteiger partial charge in [-0.2, -0.15) is 0 Å². The van der Waals surface area contributed by atoms with Gasteiger partial charge in [-0.05, 0) is 50.1 Å². The molecule has 4 atom stereocenters. The van der Waals surface area contributed by atoms with Gasteiger partial charge >= 0.3 is 5.69 Å². The number of H-pyrrole nitrogens is 1. The van der Waals surface area contributed by atoms with Crippen molar-refractivity contribution in [3.63, 3.8) is 0 Å². The van der Waals surface area contributed by atoms with Crippen molar-refractivity contribution in [2.24, 2.45) is 0 Å². The van der Waals surface area contributed by atoms with Crippen molar-refractivity contribution in [3.05, 3.63) is 32.6 Å². The van der Waals surface area contributed by atoms with Crippen LogP contribution in [0.3, 0.4) is 0 Å². The Kier molecular flexibility index (Phi) is 8.63. The van der Waals surface area contributed by atoms with Crippen molar-refractivity contribution in [1.82, 2.24) is 9.55 Å². The molecular weight excluding hydrogens is 496 g/mol. The lowest BCUT2D eigenvalue weighted by Crippen LogP contribution is -2.57. The topological polar surface area (TPSA) is 120 Å². The summed E-state index contributed by atoms with van der Waals surface area (Å²) < 4.78 is 20.7. The molecule has 1 aliphatic rings. The first-order valence-corrected chi connectivity index (χ1v) is 18.4. The highest BCUT2D eigenvalue weighted by atomic mass is 28.4. The van der Waals surface area contributed by atoms with E-state index in [-0.39, 0.29) is 28.9 Å². The Labute approximate surface area is 216 Å². The van der Waals surface area contributed by atoms with E-state index in [1.165, 1.54) is 17.7 Å². The number of ketones is 1. The molecule has 0 aromatic carbocycles. The molecule has 2 N–H and O–H groups in total. The number of rotatable bonds is 8. The summed E-state index contributed by atoms with van der Waals surface area (Å²) in [6, 6.07) is 0. The molecule has 1 fully saturated rings. The average molecular weight is 543 g/mol. The Morgan fingerprint density at radius 2 is 1.64 bits per heavy atom. The predicted octanol–water partition coefficient (Wildman–Crippen LogP) is 3.86. The van der Waals surface area contributed by atoms with Gasteiger partial charge in [0.1, 0.15) is 23.6 Å². The van der Waals surface area contributed by atoms with Crippen molar-refractivity contribution in [3.8, 4) is 0 Å². The van der Waals surface area contributed by atoms with Crippen LogP contribution in [0.1, 0.15) is 66.7 Å². The lowest BCUT2D eigenvalue weighted by molar-refractivity contribution is -0.132. The number of Topliss-reactive ketones (excluding diaryl/α,β-unsaturated/α-hetero) is 1. The first-order valence-electron chi connectivity index (χ1n) is 12.5. The van der Waals surface area contributed by atoms with E-state index in [0.29, 0.717) is 5.56 Å². The van der Waals surface area contributed by atoms with Gasteiger partial charge < -0.3 is 18.7 Å². The van der Waals surface area contributed by atoms with Crippen LogP contribution in [0.2, 0.25) is 36.3 Å². The van der Waals surface area contributed by atoms with Crippen LogP contribution < -0.4 is 11.2 Å². The number of carbonyl (C=O) groups is 1. The second-order valence-corrected chi connectivity index (χ2v) is 22.8. The van der Waals surface area contributed by atoms with Crippen LogP contribution in [0.15, 0.2) is 15.8 Å². The van der Waals surface area contributed by atoms with E-state index in [1.807, 2.05) is 13.1 Å². The summed E-state index contributed by atoms with van der Waals surface area (Å²) in [4.78, 5) is 39.7. The zero-order valence-corrected chi connectivity index (χ0v) is 26.1. The van der Waals surface area contributed by atoms with Crippen LogP contribution in [-0.4, -0.2) is 61.5 Å². The number of hydrogen-bond acceptors (Lipinski definition) is 7. The summed E-state index contributed by atoms with van der Waals surface area (Å²) in [7, 11) is -4.74. The minimum atomic E-state index is -2.52. The Hall–Kier alpha value is -1.38. The largest absolute Gasteiger partial charge is 0.414 e.